The van der Waals surface area contributed by atoms with Gasteiger partial charge in [0.05, 0.1) is 6.20 Å². The van der Waals surface area contributed by atoms with Crippen LogP contribution in [0.4, 0.5) is 10.1 Å². The van der Waals surface area contributed by atoms with Gasteiger partial charge in [0.25, 0.3) is 5.91 Å². The summed E-state index contributed by atoms with van der Waals surface area (Å²) in [6.07, 6.45) is 3.21. The lowest BCUT2D eigenvalue weighted by Gasteiger charge is -2.17. The topological polar surface area (TPSA) is 87.5 Å². The van der Waals surface area contributed by atoms with Crippen molar-refractivity contribution in [3.63, 3.8) is 0 Å². The largest absolute Gasteiger partial charge is 0.506 e. The highest BCUT2D eigenvalue weighted by atomic mass is 32.2. The van der Waals surface area contributed by atoms with Crippen LogP contribution in [0.5, 0.6) is 5.75 Å². The van der Waals surface area contributed by atoms with Crippen LogP contribution in [0.15, 0.2) is 24.5 Å². The number of anilines is 1. The van der Waals surface area contributed by atoms with Crippen molar-refractivity contribution in [3.8, 4) is 16.9 Å². The summed E-state index contributed by atoms with van der Waals surface area (Å²) in [6, 6.07) is 2.85. The van der Waals surface area contributed by atoms with Crippen LogP contribution in [0.1, 0.15) is 19.9 Å². The van der Waals surface area contributed by atoms with E-state index in [2.05, 4.69) is 9.82 Å². The molecule has 7 nitrogen and oxygen atoms in total. The molecular weight excluding hydrogens is 323 g/mol. The lowest BCUT2D eigenvalue weighted by molar-refractivity contribution is -0.117. The van der Waals surface area contributed by atoms with Gasteiger partial charge in [0, 0.05) is 23.4 Å². The third kappa shape index (κ3) is 2.67. The fourth-order valence-electron chi connectivity index (χ4n) is 2.31. The number of phenols is 1. The quantitative estimate of drug-likeness (QED) is 0.888. The van der Waals surface area contributed by atoms with Crippen LogP contribution >= 0.6 is 0 Å². The number of carbonyl (C=O) groups excluding carboxylic acids is 1. The number of aromatic hydroxyl groups is 1. The highest BCUT2D eigenvalue weighted by molar-refractivity contribution is 7.85. The van der Waals surface area contributed by atoms with E-state index in [4.69, 9.17) is 0 Å². The van der Waals surface area contributed by atoms with E-state index in [0.29, 0.717) is 5.56 Å². The Hall–Kier alpha value is -2.42. The molecule has 0 aliphatic carbocycles. The molecule has 1 saturated heterocycles. The molecule has 2 aromatic rings. The van der Waals surface area contributed by atoms with Crippen molar-refractivity contribution in [1.29, 1.82) is 0 Å². The van der Waals surface area contributed by atoms with Gasteiger partial charge in [0.15, 0.2) is 5.82 Å². The summed E-state index contributed by atoms with van der Waals surface area (Å²) in [6.45, 7) is 3.60. The summed E-state index contributed by atoms with van der Waals surface area (Å²) >= 11 is -1.92. The van der Waals surface area contributed by atoms with Crippen molar-refractivity contribution in [1.82, 2.24) is 14.5 Å². The van der Waals surface area contributed by atoms with Crippen LogP contribution < -0.4 is 9.03 Å². The molecule has 1 aromatic heterocycles. The number of nitrogens with zero attached hydrogens (tertiary/aromatic N) is 3. The Morgan fingerprint density at radius 3 is 2.74 bits per heavy atom. The van der Waals surface area contributed by atoms with Gasteiger partial charge in [0.1, 0.15) is 18.0 Å². The molecule has 1 aliphatic heterocycles. The van der Waals surface area contributed by atoms with E-state index < -0.39 is 22.9 Å². The monoisotopic (exact) mass is 338 g/mol. The molecule has 0 saturated carbocycles. The Morgan fingerprint density at radius 2 is 2.17 bits per heavy atom. The van der Waals surface area contributed by atoms with Crippen LogP contribution in [-0.4, -0.2) is 31.5 Å². The zero-order valence-corrected chi connectivity index (χ0v) is 13.3. The predicted octanol–water partition coefficient (Wildman–Crippen LogP) is 1.49. The number of phenolic OH excluding ortho intramolecular Hbond substituents is 1. The summed E-state index contributed by atoms with van der Waals surface area (Å²) in [7, 11) is 0. The van der Waals surface area contributed by atoms with Gasteiger partial charge >= 0.3 is 0 Å². The van der Waals surface area contributed by atoms with E-state index in [0.717, 1.165) is 4.31 Å². The molecule has 2 heterocycles. The molecule has 3 rings (SSSR count). The standard InChI is InChI=1S/C14H15FN4O3S/c1-8(2)18-6-9(5-16-18)10-3-4-11(20)14(13(10)15)19-7-12(21)17-23(19)22/h3-6,8,20H,7H2,1-2H3,(H,17,21). The minimum absolute atomic E-state index is 0.122. The van der Waals surface area contributed by atoms with E-state index in [1.807, 2.05) is 13.8 Å². The number of nitrogens with one attached hydrogen (secondary N) is 1. The number of halogens is 1. The first-order valence-electron chi connectivity index (χ1n) is 6.93. The van der Waals surface area contributed by atoms with Crippen LogP contribution in [0.25, 0.3) is 11.1 Å². The third-order valence-corrected chi connectivity index (χ3v) is 4.59. The summed E-state index contributed by atoms with van der Waals surface area (Å²) in [5.41, 5.74) is 0.472. The van der Waals surface area contributed by atoms with Crippen LogP contribution in [0.2, 0.25) is 0 Å². The molecule has 0 radical (unpaired) electrons. The molecule has 1 unspecified atom stereocenters. The van der Waals surface area contributed by atoms with Crippen molar-refractivity contribution in [2.75, 3.05) is 10.8 Å². The molecule has 1 fully saturated rings. The van der Waals surface area contributed by atoms with Gasteiger partial charge in [-0.05, 0) is 26.0 Å². The second-order valence-electron chi connectivity index (χ2n) is 5.41. The molecular formula is C14H15FN4O3S. The zero-order valence-electron chi connectivity index (χ0n) is 12.5. The number of aromatic nitrogens is 2. The van der Waals surface area contributed by atoms with E-state index in [1.165, 1.54) is 18.3 Å². The predicted molar refractivity (Wildman–Crippen MR) is 83.3 cm³/mol. The van der Waals surface area contributed by atoms with Crippen LogP contribution in [-0.2, 0) is 16.0 Å². The zero-order chi connectivity index (χ0) is 16.7. The molecule has 23 heavy (non-hydrogen) atoms. The molecule has 1 aromatic carbocycles. The number of amides is 1. The van der Waals surface area contributed by atoms with Gasteiger partial charge in [-0.15, -0.1) is 0 Å². The lowest BCUT2D eigenvalue weighted by Crippen LogP contribution is -2.23. The minimum atomic E-state index is -1.92. The average Bonchev–Trinajstić information content (AvgIpc) is 3.07. The fourth-order valence-corrected chi connectivity index (χ4v) is 3.25. The highest BCUT2D eigenvalue weighted by Gasteiger charge is 2.32. The van der Waals surface area contributed by atoms with Crippen molar-refractivity contribution in [2.24, 2.45) is 0 Å². The second kappa shape index (κ2) is 5.65. The average molecular weight is 338 g/mol. The second-order valence-corrected chi connectivity index (χ2v) is 6.55. The Labute approximate surface area is 134 Å². The van der Waals surface area contributed by atoms with E-state index in [-0.39, 0.29) is 29.6 Å². The van der Waals surface area contributed by atoms with Gasteiger partial charge in [-0.25, -0.2) is 8.60 Å². The fraction of sp³-hybridized carbons (Fsp3) is 0.286. The number of benzene rings is 1. The Kier molecular flexibility index (Phi) is 3.80. The first-order valence-corrected chi connectivity index (χ1v) is 8.04. The van der Waals surface area contributed by atoms with Gasteiger partial charge in [0.2, 0.25) is 11.2 Å². The number of hydrogen-bond acceptors (Lipinski definition) is 4. The number of hydrogen-bond donors (Lipinski definition) is 2. The van der Waals surface area contributed by atoms with Crippen molar-refractivity contribution in [3.05, 3.63) is 30.3 Å². The number of rotatable bonds is 3. The van der Waals surface area contributed by atoms with Gasteiger partial charge in [-0.3, -0.25) is 18.5 Å². The maximum atomic E-state index is 14.9. The highest BCUT2D eigenvalue weighted by Crippen LogP contribution is 2.38. The lowest BCUT2D eigenvalue weighted by atomic mass is 10.1. The maximum absolute atomic E-state index is 14.9. The van der Waals surface area contributed by atoms with Gasteiger partial charge in [-0.1, -0.05) is 0 Å². The molecule has 9 heteroatoms. The number of carbonyl (C=O) groups is 1. The molecule has 122 valence electrons. The Balaban J connectivity index is 2.08. The normalized spacial score (nSPS) is 17.8. The van der Waals surface area contributed by atoms with E-state index in [9.17, 15) is 18.5 Å². The summed E-state index contributed by atoms with van der Waals surface area (Å²) < 4.78 is 31.5. The molecule has 1 aliphatic rings. The van der Waals surface area contributed by atoms with E-state index in [1.54, 1.807) is 10.9 Å². The minimum Gasteiger partial charge on any atom is -0.506 e. The first-order chi connectivity index (χ1) is 10.9. The molecule has 1 amide bonds. The maximum Gasteiger partial charge on any atom is 0.253 e. The summed E-state index contributed by atoms with van der Waals surface area (Å²) in [4.78, 5) is 11.3. The summed E-state index contributed by atoms with van der Waals surface area (Å²) in [5.74, 6) is -1.63. The van der Waals surface area contributed by atoms with E-state index >= 15 is 0 Å². The van der Waals surface area contributed by atoms with Gasteiger partial charge < -0.3 is 5.11 Å². The van der Waals surface area contributed by atoms with Gasteiger partial charge in [-0.2, -0.15) is 5.10 Å². The smallest absolute Gasteiger partial charge is 0.253 e. The van der Waals surface area contributed by atoms with Crippen LogP contribution in [0.3, 0.4) is 0 Å². The molecule has 1 atom stereocenters. The van der Waals surface area contributed by atoms with Crippen molar-refractivity contribution in [2.45, 2.75) is 19.9 Å². The SMILES string of the molecule is CC(C)n1cc(-c2ccc(O)c(N3CC(=O)NS3=O)c2F)cn1. The van der Waals surface area contributed by atoms with Crippen molar-refractivity contribution < 1.29 is 18.5 Å². The Morgan fingerprint density at radius 1 is 1.43 bits per heavy atom. The molecule has 2 N–H and O–H groups in total. The summed E-state index contributed by atoms with van der Waals surface area (Å²) in [5, 5.41) is 14.1. The molecule has 0 spiro atoms. The Bertz CT molecular complexity index is 805. The third-order valence-electron chi connectivity index (χ3n) is 3.47. The molecule has 0 bridgehead atoms. The van der Waals surface area contributed by atoms with Crippen molar-refractivity contribution >= 4 is 22.8 Å². The van der Waals surface area contributed by atoms with Crippen LogP contribution in [0, 0.1) is 5.82 Å². The first kappa shape index (κ1) is 15.5.